The standard InChI is InChI=1S/C11H23BN/c1-9(2)12-10-5-3-7-11(13)8-4-6-10/h9-11H,3-8,13H2,1-2H3. The van der Waals surface area contributed by atoms with Gasteiger partial charge < -0.3 is 5.73 Å². The summed E-state index contributed by atoms with van der Waals surface area (Å²) in [5, 5.41) is 0. The summed E-state index contributed by atoms with van der Waals surface area (Å²) in [4.78, 5) is 0. The quantitative estimate of drug-likeness (QED) is 0.649. The molecule has 0 amide bonds. The average Bonchev–Trinajstić information content (AvgIpc) is 1.99. The fourth-order valence-electron chi connectivity index (χ4n) is 2.31. The Morgan fingerprint density at radius 1 is 1.08 bits per heavy atom. The van der Waals surface area contributed by atoms with Gasteiger partial charge in [-0.3, -0.25) is 0 Å². The molecule has 1 aliphatic rings. The van der Waals surface area contributed by atoms with Crippen LogP contribution in [0.2, 0.25) is 11.6 Å². The highest BCUT2D eigenvalue weighted by atomic mass is 14.6. The number of nitrogens with two attached hydrogens (primary N) is 1. The molecule has 1 saturated carbocycles. The molecule has 0 aliphatic heterocycles. The van der Waals surface area contributed by atoms with Crippen molar-refractivity contribution < 1.29 is 0 Å². The molecule has 1 fully saturated rings. The van der Waals surface area contributed by atoms with Crippen molar-refractivity contribution in [3.8, 4) is 0 Å². The van der Waals surface area contributed by atoms with E-state index in [1.807, 2.05) is 0 Å². The Labute approximate surface area is 83.7 Å². The molecule has 0 saturated heterocycles. The molecule has 1 rings (SSSR count). The van der Waals surface area contributed by atoms with Gasteiger partial charge in [0.15, 0.2) is 0 Å². The van der Waals surface area contributed by atoms with Gasteiger partial charge in [-0.2, -0.15) is 0 Å². The molecule has 1 aliphatic carbocycles. The van der Waals surface area contributed by atoms with E-state index in [-0.39, 0.29) is 0 Å². The molecule has 0 aromatic heterocycles. The van der Waals surface area contributed by atoms with Crippen molar-refractivity contribution in [1.82, 2.24) is 0 Å². The van der Waals surface area contributed by atoms with E-state index in [4.69, 9.17) is 5.73 Å². The molecule has 0 unspecified atom stereocenters. The van der Waals surface area contributed by atoms with E-state index in [0.717, 1.165) is 11.6 Å². The highest BCUT2D eigenvalue weighted by Gasteiger charge is 2.16. The van der Waals surface area contributed by atoms with Gasteiger partial charge in [0.25, 0.3) is 0 Å². The number of rotatable bonds is 2. The lowest BCUT2D eigenvalue weighted by atomic mass is 9.53. The molecule has 1 nitrogen and oxygen atoms in total. The van der Waals surface area contributed by atoms with Crippen LogP contribution in [-0.2, 0) is 0 Å². The summed E-state index contributed by atoms with van der Waals surface area (Å²) >= 11 is 0. The second-order valence-corrected chi connectivity index (χ2v) is 4.82. The molecule has 0 spiro atoms. The van der Waals surface area contributed by atoms with Crippen LogP contribution < -0.4 is 5.73 Å². The second kappa shape index (κ2) is 5.69. The van der Waals surface area contributed by atoms with Crippen LogP contribution in [0.5, 0.6) is 0 Å². The molecule has 0 heterocycles. The monoisotopic (exact) mass is 180 g/mol. The fraction of sp³-hybridized carbons (Fsp3) is 1.00. The molecule has 0 aromatic rings. The predicted octanol–water partition coefficient (Wildman–Crippen LogP) is 2.99. The Balaban J connectivity index is 2.24. The van der Waals surface area contributed by atoms with Gasteiger partial charge in [0.2, 0.25) is 0 Å². The van der Waals surface area contributed by atoms with Crippen molar-refractivity contribution in [3.05, 3.63) is 0 Å². The lowest BCUT2D eigenvalue weighted by Crippen LogP contribution is -2.22. The van der Waals surface area contributed by atoms with Crippen LogP contribution in [0.3, 0.4) is 0 Å². The van der Waals surface area contributed by atoms with Crippen molar-refractivity contribution in [3.63, 3.8) is 0 Å². The first-order valence-corrected chi connectivity index (χ1v) is 5.79. The number of hydrogen-bond acceptors (Lipinski definition) is 1. The summed E-state index contributed by atoms with van der Waals surface area (Å²) in [5.41, 5.74) is 5.94. The third kappa shape index (κ3) is 4.71. The Hall–Kier alpha value is 0.0249. The van der Waals surface area contributed by atoms with Crippen LogP contribution in [-0.4, -0.2) is 13.3 Å². The highest BCUT2D eigenvalue weighted by Crippen LogP contribution is 2.28. The summed E-state index contributed by atoms with van der Waals surface area (Å²) in [6.07, 6.45) is 7.87. The van der Waals surface area contributed by atoms with Gasteiger partial charge in [-0.1, -0.05) is 51.2 Å². The van der Waals surface area contributed by atoms with Crippen LogP contribution in [0.25, 0.3) is 0 Å². The third-order valence-electron chi connectivity index (χ3n) is 2.96. The largest absolute Gasteiger partial charge is 0.328 e. The molecule has 2 N–H and O–H groups in total. The fourth-order valence-corrected chi connectivity index (χ4v) is 2.31. The van der Waals surface area contributed by atoms with Crippen LogP contribution in [0, 0.1) is 0 Å². The zero-order valence-corrected chi connectivity index (χ0v) is 9.13. The summed E-state index contributed by atoms with van der Waals surface area (Å²) < 4.78 is 0. The lowest BCUT2D eigenvalue weighted by Gasteiger charge is -2.23. The van der Waals surface area contributed by atoms with E-state index in [1.54, 1.807) is 0 Å². The Kier molecular flexibility index (Phi) is 4.86. The van der Waals surface area contributed by atoms with Gasteiger partial charge in [-0.05, 0) is 12.8 Å². The van der Waals surface area contributed by atoms with Gasteiger partial charge >= 0.3 is 0 Å². The number of hydrogen-bond donors (Lipinski definition) is 1. The minimum Gasteiger partial charge on any atom is -0.328 e. The molecular formula is C11H23BN. The van der Waals surface area contributed by atoms with E-state index in [1.165, 1.54) is 38.5 Å². The summed E-state index contributed by atoms with van der Waals surface area (Å²) in [6.45, 7) is 4.56. The van der Waals surface area contributed by atoms with E-state index in [2.05, 4.69) is 21.1 Å². The maximum atomic E-state index is 5.94. The SMILES string of the molecule is CC(C)[B]C1CCCC(N)CCC1. The van der Waals surface area contributed by atoms with Crippen LogP contribution >= 0.6 is 0 Å². The topological polar surface area (TPSA) is 26.0 Å². The minimum atomic E-state index is 0.486. The summed E-state index contributed by atoms with van der Waals surface area (Å²) in [6, 6.07) is 0.486. The van der Waals surface area contributed by atoms with E-state index >= 15 is 0 Å². The van der Waals surface area contributed by atoms with Crippen molar-refractivity contribution in [1.29, 1.82) is 0 Å². The second-order valence-electron chi connectivity index (χ2n) is 4.82. The molecule has 0 bridgehead atoms. The minimum absolute atomic E-state index is 0.486. The van der Waals surface area contributed by atoms with Crippen molar-refractivity contribution >= 4 is 7.28 Å². The maximum absolute atomic E-state index is 5.94. The molecule has 2 heteroatoms. The van der Waals surface area contributed by atoms with Gasteiger partial charge in [-0.15, -0.1) is 0 Å². The predicted molar refractivity (Wildman–Crippen MR) is 60.3 cm³/mol. The first kappa shape index (κ1) is 11.1. The van der Waals surface area contributed by atoms with E-state index < -0.39 is 0 Å². The van der Waals surface area contributed by atoms with Gasteiger partial charge in [0.05, 0.1) is 0 Å². The molecular weight excluding hydrogens is 157 g/mol. The van der Waals surface area contributed by atoms with Crippen LogP contribution in [0.15, 0.2) is 0 Å². The Bertz CT molecular complexity index is 126. The normalized spacial score (nSPS) is 31.1. The summed E-state index contributed by atoms with van der Waals surface area (Å²) in [7, 11) is 2.52. The van der Waals surface area contributed by atoms with Crippen LogP contribution in [0.1, 0.15) is 52.4 Å². The summed E-state index contributed by atoms with van der Waals surface area (Å²) in [5.74, 6) is 1.62. The molecule has 0 atom stereocenters. The Morgan fingerprint density at radius 2 is 1.62 bits per heavy atom. The van der Waals surface area contributed by atoms with Crippen molar-refractivity contribution in [2.75, 3.05) is 0 Å². The third-order valence-corrected chi connectivity index (χ3v) is 2.96. The lowest BCUT2D eigenvalue weighted by molar-refractivity contribution is 0.451. The molecule has 13 heavy (non-hydrogen) atoms. The first-order chi connectivity index (χ1) is 6.18. The molecule has 0 aromatic carbocycles. The average molecular weight is 180 g/mol. The molecule has 1 radical (unpaired) electrons. The molecule has 75 valence electrons. The zero-order chi connectivity index (χ0) is 9.68. The van der Waals surface area contributed by atoms with Crippen molar-refractivity contribution in [2.45, 2.75) is 70.0 Å². The first-order valence-electron chi connectivity index (χ1n) is 5.79. The van der Waals surface area contributed by atoms with Gasteiger partial charge in [0.1, 0.15) is 7.28 Å². The van der Waals surface area contributed by atoms with Crippen LogP contribution in [0.4, 0.5) is 0 Å². The van der Waals surface area contributed by atoms with Gasteiger partial charge in [0, 0.05) is 6.04 Å². The highest BCUT2D eigenvalue weighted by molar-refractivity contribution is 6.39. The van der Waals surface area contributed by atoms with E-state index in [0.29, 0.717) is 6.04 Å². The smallest absolute Gasteiger partial charge is 0.117 e. The van der Waals surface area contributed by atoms with E-state index in [9.17, 15) is 0 Å². The Morgan fingerprint density at radius 3 is 2.08 bits per heavy atom. The zero-order valence-electron chi connectivity index (χ0n) is 9.13. The van der Waals surface area contributed by atoms with Gasteiger partial charge in [-0.25, -0.2) is 0 Å². The van der Waals surface area contributed by atoms with Crippen molar-refractivity contribution in [2.24, 2.45) is 5.73 Å². The maximum Gasteiger partial charge on any atom is 0.117 e.